The zero-order chi connectivity index (χ0) is 13.2. The topological polar surface area (TPSA) is 89.4 Å². The molecule has 0 aliphatic heterocycles. The van der Waals surface area contributed by atoms with E-state index in [0.29, 0.717) is 10.0 Å². The van der Waals surface area contributed by atoms with Crippen LogP contribution in [-0.2, 0) is 0 Å². The van der Waals surface area contributed by atoms with Gasteiger partial charge >= 0.3 is 0 Å². The summed E-state index contributed by atoms with van der Waals surface area (Å²) < 4.78 is 0.292. The molecule has 2 atom stereocenters. The van der Waals surface area contributed by atoms with Crippen LogP contribution in [0.2, 0.25) is 0 Å². The fourth-order valence-electron chi connectivity index (χ4n) is 1.53. The Bertz CT molecular complexity index is 443. The minimum atomic E-state index is -0.503. The van der Waals surface area contributed by atoms with Crippen LogP contribution in [0, 0.1) is 16.0 Å². The summed E-state index contributed by atoms with van der Waals surface area (Å²) >= 11 is 3.09. The molecule has 3 N–H and O–H groups in total. The van der Waals surface area contributed by atoms with Crippen molar-refractivity contribution in [1.29, 1.82) is 0 Å². The first kappa shape index (κ1) is 17.2. The molecule has 0 amide bonds. The maximum atomic E-state index is 10.7. The summed E-state index contributed by atoms with van der Waals surface area (Å²) in [6, 6.07) is 2.18. The van der Waals surface area contributed by atoms with E-state index in [1.54, 1.807) is 0 Å². The SMILES string of the molecule is CCC(C)[C@H](N)c1cc([N+](=O)[O-])cc(Br)c1O.Cl. The molecule has 0 aliphatic carbocycles. The largest absolute Gasteiger partial charge is 0.506 e. The summed E-state index contributed by atoms with van der Waals surface area (Å²) in [6.45, 7) is 3.92. The number of nitro groups is 1. The van der Waals surface area contributed by atoms with Crippen molar-refractivity contribution in [1.82, 2.24) is 0 Å². The fraction of sp³-hybridized carbons (Fsp3) is 0.455. The molecule has 0 bridgehead atoms. The monoisotopic (exact) mass is 338 g/mol. The molecule has 7 heteroatoms. The van der Waals surface area contributed by atoms with Crippen molar-refractivity contribution in [2.24, 2.45) is 11.7 Å². The van der Waals surface area contributed by atoms with Gasteiger partial charge in [0, 0.05) is 23.7 Å². The maximum Gasteiger partial charge on any atom is 0.271 e. The van der Waals surface area contributed by atoms with Gasteiger partial charge < -0.3 is 10.8 Å². The van der Waals surface area contributed by atoms with Crippen LogP contribution in [0.1, 0.15) is 31.9 Å². The van der Waals surface area contributed by atoms with Gasteiger partial charge in [-0.1, -0.05) is 20.3 Å². The fourth-order valence-corrected chi connectivity index (χ4v) is 1.99. The van der Waals surface area contributed by atoms with E-state index in [4.69, 9.17) is 5.73 Å². The zero-order valence-corrected chi connectivity index (χ0v) is 12.5. The number of hydrogen-bond donors (Lipinski definition) is 2. The molecule has 1 aromatic carbocycles. The number of nitrogens with two attached hydrogens (primary N) is 1. The van der Waals surface area contributed by atoms with Gasteiger partial charge in [-0.25, -0.2) is 0 Å². The van der Waals surface area contributed by atoms with Gasteiger partial charge in [0.1, 0.15) is 5.75 Å². The molecule has 0 saturated carbocycles. The quantitative estimate of drug-likeness (QED) is 0.648. The van der Waals surface area contributed by atoms with Gasteiger partial charge in [-0.15, -0.1) is 12.4 Å². The lowest BCUT2D eigenvalue weighted by molar-refractivity contribution is -0.385. The molecular weight excluding hydrogens is 323 g/mol. The lowest BCUT2D eigenvalue weighted by Crippen LogP contribution is -2.18. The molecule has 1 aromatic rings. The van der Waals surface area contributed by atoms with Gasteiger partial charge in [0.2, 0.25) is 0 Å². The van der Waals surface area contributed by atoms with Gasteiger partial charge in [0.25, 0.3) is 5.69 Å². The number of benzene rings is 1. The van der Waals surface area contributed by atoms with Crippen molar-refractivity contribution in [3.63, 3.8) is 0 Å². The number of nitro benzene ring substituents is 1. The second-order valence-electron chi connectivity index (χ2n) is 4.03. The maximum absolute atomic E-state index is 10.7. The first-order chi connectivity index (χ1) is 7.88. The molecule has 0 fully saturated rings. The number of nitrogens with zero attached hydrogens (tertiary/aromatic N) is 1. The number of rotatable bonds is 4. The van der Waals surface area contributed by atoms with Crippen molar-refractivity contribution in [2.75, 3.05) is 0 Å². The minimum Gasteiger partial charge on any atom is -0.506 e. The highest BCUT2D eigenvalue weighted by atomic mass is 79.9. The zero-order valence-electron chi connectivity index (χ0n) is 10.1. The minimum absolute atomic E-state index is 0. The predicted molar refractivity (Wildman–Crippen MR) is 76.1 cm³/mol. The van der Waals surface area contributed by atoms with Crippen molar-refractivity contribution in [2.45, 2.75) is 26.3 Å². The van der Waals surface area contributed by atoms with Crippen LogP contribution in [0.3, 0.4) is 0 Å². The molecule has 1 rings (SSSR count). The van der Waals surface area contributed by atoms with E-state index in [1.165, 1.54) is 12.1 Å². The number of hydrogen-bond acceptors (Lipinski definition) is 4. The van der Waals surface area contributed by atoms with Crippen LogP contribution in [0.4, 0.5) is 5.69 Å². The normalized spacial score (nSPS) is 13.6. The molecule has 0 aliphatic rings. The highest BCUT2D eigenvalue weighted by molar-refractivity contribution is 9.10. The van der Waals surface area contributed by atoms with Crippen LogP contribution in [0.5, 0.6) is 5.75 Å². The Labute approximate surface area is 120 Å². The second-order valence-corrected chi connectivity index (χ2v) is 4.89. The predicted octanol–water partition coefficient (Wildman–Crippen LogP) is 3.53. The lowest BCUT2D eigenvalue weighted by Gasteiger charge is -2.20. The number of phenolic OH excluding ortho intramolecular Hbond substituents is 1. The molecule has 1 unspecified atom stereocenters. The average molecular weight is 340 g/mol. The molecule has 5 nitrogen and oxygen atoms in total. The van der Waals surface area contributed by atoms with E-state index in [-0.39, 0.29) is 29.8 Å². The summed E-state index contributed by atoms with van der Waals surface area (Å²) in [7, 11) is 0. The highest BCUT2D eigenvalue weighted by Crippen LogP contribution is 2.37. The summed E-state index contributed by atoms with van der Waals surface area (Å²) in [4.78, 5) is 10.2. The van der Waals surface area contributed by atoms with Crippen molar-refractivity contribution < 1.29 is 10.0 Å². The lowest BCUT2D eigenvalue weighted by atomic mass is 9.92. The molecule has 102 valence electrons. The van der Waals surface area contributed by atoms with Crippen LogP contribution in [-0.4, -0.2) is 10.0 Å². The van der Waals surface area contributed by atoms with Gasteiger partial charge in [-0.3, -0.25) is 10.1 Å². The van der Waals surface area contributed by atoms with Crippen LogP contribution < -0.4 is 5.73 Å². The molecular formula is C11H16BrClN2O3. The van der Waals surface area contributed by atoms with Crippen molar-refractivity contribution in [3.8, 4) is 5.75 Å². The first-order valence-corrected chi connectivity index (χ1v) is 6.10. The molecule has 0 spiro atoms. The van der Waals surface area contributed by atoms with Crippen LogP contribution >= 0.6 is 28.3 Å². The average Bonchev–Trinajstić information content (AvgIpc) is 2.30. The number of halogens is 2. The van der Waals surface area contributed by atoms with Crippen LogP contribution in [0.15, 0.2) is 16.6 Å². The Balaban J connectivity index is 0.00000289. The van der Waals surface area contributed by atoms with Crippen LogP contribution in [0.25, 0.3) is 0 Å². The van der Waals surface area contributed by atoms with Gasteiger partial charge in [-0.05, 0) is 21.8 Å². The Hall–Kier alpha value is -0.850. The van der Waals surface area contributed by atoms with E-state index in [1.807, 2.05) is 13.8 Å². The third-order valence-corrected chi connectivity index (χ3v) is 3.51. The van der Waals surface area contributed by atoms with E-state index in [0.717, 1.165) is 6.42 Å². The standard InChI is InChI=1S/C11H15BrN2O3.ClH/c1-3-6(2)10(13)8-4-7(14(16)17)5-9(12)11(8)15;/h4-6,10,15H,3,13H2,1-2H3;1H/t6?,10-;/m0./s1. The number of non-ortho nitro benzene ring substituents is 1. The molecule has 0 saturated heterocycles. The third-order valence-electron chi connectivity index (χ3n) is 2.90. The first-order valence-electron chi connectivity index (χ1n) is 5.30. The summed E-state index contributed by atoms with van der Waals surface area (Å²) in [5.74, 6) is 0.109. The Morgan fingerprint density at radius 3 is 2.56 bits per heavy atom. The molecule has 0 heterocycles. The van der Waals surface area contributed by atoms with Crippen molar-refractivity contribution in [3.05, 3.63) is 32.3 Å². The highest BCUT2D eigenvalue weighted by Gasteiger charge is 2.22. The Kier molecular flexibility index (Phi) is 6.59. The van der Waals surface area contributed by atoms with E-state index in [9.17, 15) is 15.2 Å². The van der Waals surface area contributed by atoms with Gasteiger partial charge in [0.15, 0.2) is 0 Å². The summed E-state index contributed by atoms with van der Waals surface area (Å²) in [5.41, 5.74) is 6.31. The molecule has 0 radical (unpaired) electrons. The van der Waals surface area contributed by atoms with E-state index >= 15 is 0 Å². The Morgan fingerprint density at radius 2 is 2.11 bits per heavy atom. The smallest absolute Gasteiger partial charge is 0.271 e. The second kappa shape index (κ2) is 6.92. The summed E-state index contributed by atoms with van der Waals surface area (Å²) in [5, 5.41) is 20.6. The molecule has 18 heavy (non-hydrogen) atoms. The third kappa shape index (κ3) is 3.57. The molecule has 0 aromatic heterocycles. The number of aromatic hydroxyl groups is 1. The number of phenols is 1. The van der Waals surface area contributed by atoms with Gasteiger partial charge in [0.05, 0.1) is 9.40 Å². The van der Waals surface area contributed by atoms with E-state index < -0.39 is 11.0 Å². The summed E-state index contributed by atoms with van der Waals surface area (Å²) in [6.07, 6.45) is 0.834. The van der Waals surface area contributed by atoms with E-state index in [2.05, 4.69) is 15.9 Å². The Morgan fingerprint density at radius 1 is 1.56 bits per heavy atom. The van der Waals surface area contributed by atoms with Gasteiger partial charge in [-0.2, -0.15) is 0 Å². The van der Waals surface area contributed by atoms with Crippen molar-refractivity contribution >= 4 is 34.0 Å².